The Morgan fingerprint density at radius 2 is 1.62 bits per heavy atom. The largest absolute Gasteiger partial charge is 0.415 e. The monoisotopic (exact) mass is 732 g/mol. The molecule has 50 heavy (non-hydrogen) atoms. The minimum atomic E-state index is -2.41. The van der Waals surface area contributed by atoms with Gasteiger partial charge in [0.1, 0.15) is 11.0 Å². The first kappa shape index (κ1) is 40.6. The van der Waals surface area contributed by atoms with E-state index in [1.807, 2.05) is 46.6 Å². The van der Waals surface area contributed by atoms with E-state index in [1.165, 1.54) is 4.90 Å². The van der Waals surface area contributed by atoms with Gasteiger partial charge in [-0.2, -0.15) is 8.78 Å². The number of benzene rings is 1. The number of likely N-dealkylation sites (N-methyl/N-ethyl adjacent to an activating group) is 2. The summed E-state index contributed by atoms with van der Waals surface area (Å²) in [5.41, 5.74) is -1.28. The number of likely N-dealkylation sites (tertiary alicyclic amines) is 1. The molecule has 2 heterocycles. The summed E-state index contributed by atoms with van der Waals surface area (Å²) < 4.78 is 73.7. The lowest BCUT2D eigenvalue weighted by Gasteiger charge is -2.38. The van der Waals surface area contributed by atoms with Crippen molar-refractivity contribution in [2.75, 3.05) is 27.2 Å². The van der Waals surface area contributed by atoms with Crippen molar-refractivity contribution in [1.82, 2.24) is 30.7 Å². The second kappa shape index (κ2) is 16.9. The van der Waals surface area contributed by atoms with Crippen molar-refractivity contribution in [3.63, 3.8) is 0 Å². The molecule has 1 fully saturated rings. The van der Waals surface area contributed by atoms with Crippen LogP contribution in [-0.4, -0.2) is 83.4 Å². The van der Waals surface area contributed by atoms with Crippen molar-refractivity contribution in [2.45, 2.75) is 90.9 Å². The Kier molecular flexibility index (Phi) is 13.7. The number of aromatic nitrogens is 1. The van der Waals surface area contributed by atoms with Gasteiger partial charge in [0.2, 0.25) is 46.6 Å². The highest BCUT2D eigenvalue weighted by Gasteiger charge is 2.44. The standard InChI is InChI=1S/C33H45F5N6O5S/c1-9-17(5)26(42-31(47)33(6)12-11-13-43(33)7)29(45)44(8)20(16(3)4)14-18(41-32(48)39-10-2)28-40-19(15-50-28)30(46)49-27-24(37)22(35)21(34)23(36)25(27)38/h15-18,20,26H,9-14H2,1-8H3,(H,42,47)(H2,39,41,48)/t17?,18-,20-,26+,33-/m1/s1. The molecule has 2 aromatic rings. The molecular weight excluding hydrogens is 687 g/mol. The summed E-state index contributed by atoms with van der Waals surface area (Å²) in [7, 11) is 3.48. The molecule has 0 radical (unpaired) electrons. The van der Waals surface area contributed by atoms with Crippen molar-refractivity contribution >= 4 is 35.2 Å². The Labute approximate surface area is 292 Å². The number of rotatable bonds is 14. The molecule has 0 saturated carbocycles. The van der Waals surface area contributed by atoms with E-state index in [2.05, 4.69) is 25.7 Å². The van der Waals surface area contributed by atoms with Crippen LogP contribution in [-0.2, 0) is 9.59 Å². The zero-order valence-corrected chi connectivity index (χ0v) is 30.2. The van der Waals surface area contributed by atoms with Gasteiger partial charge in [-0.3, -0.25) is 14.5 Å². The number of thiazole rings is 1. The summed E-state index contributed by atoms with van der Waals surface area (Å²) in [4.78, 5) is 60.8. The van der Waals surface area contributed by atoms with Gasteiger partial charge in [0.25, 0.3) is 0 Å². The smallest absolute Gasteiger partial charge is 0.363 e. The van der Waals surface area contributed by atoms with E-state index in [0.29, 0.717) is 12.8 Å². The maximum Gasteiger partial charge on any atom is 0.363 e. The van der Waals surface area contributed by atoms with Crippen LogP contribution in [0.4, 0.5) is 26.7 Å². The van der Waals surface area contributed by atoms with Crippen LogP contribution in [0.5, 0.6) is 5.75 Å². The molecule has 0 aliphatic carbocycles. The SMILES string of the molecule is CCNC(=O)N[C@H](C[C@H](C(C)C)N(C)C(=O)[C@@H](NC(=O)[C@@]1(C)CCCN1C)C(C)CC)c1nc(C(=O)Oc2c(F)c(F)c(F)c(F)c2F)cs1. The van der Waals surface area contributed by atoms with Crippen LogP contribution in [0.15, 0.2) is 5.38 Å². The topological polar surface area (TPSA) is 133 Å². The Hall–Kier alpha value is -3.86. The van der Waals surface area contributed by atoms with E-state index < -0.39 is 76.2 Å². The van der Waals surface area contributed by atoms with Crippen LogP contribution < -0.4 is 20.7 Å². The van der Waals surface area contributed by atoms with Gasteiger partial charge in [-0.25, -0.2) is 27.7 Å². The van der Waals surface area contributed by atoms with Gasteiger partial charge in [-0.05, 0) is 58.5 Å². The molecule has 1 aliphatic heterocycles. The van der Waals surface area contributed by atoms with Gasteiger partial charge in [0, 0.05) is 25.0 Å². The third-order valence-corrected chi connectivity index (χ3v) is 10.3. The van der Waals surface area contributed by atoms with E-state index in [-0.39, 0.29) is 41.6 Å². The Morgan fingerprint density at radius 3 is 2.14 bits per heavy atom. The molecule has 1 aromatic carbocycles. The number of hydrogen-bond donors (Lipinski definition) is 3. The van der Waals surface area contributed by atoms with Crippen molar-refractivity contribution in [3.05, 3.63) is 45.2 Å². The maximum absolute atomic E-state index is 14.2. The van der Waals surface area contributed by atoms with Gasteiger partial charge in [0.05, 0.1) is 11.6 Å². The Bertz CT molecular complexity index is 1550. The lowest BCUT2D eigenvalue weighted by atomic mass is 9.91. The molecular formula is C33H45F5N6O5S. The molecule has 1 unspecified atom stereocenters. The number of ether oxygens (including phenoxy) is 1. The zero-order valence-electron chi connectivity index (χ0n) is 29.4. The van der Waals surface area contributed by atoms with Crippen LogP contribution in [0.3, 0.4) is 0 Å². The molecule has 4 amide bonds. The van der Waals surface area contributed by atoms with Crippen LogP contribution in [0.1, 0.15) is 88.8 Å². The molecule has 17 heteroatoms. The number of hydrogen-bond acceptors (Lipinski definition) is 8. The molecule has 278 valence electrons. The zero-order chi connectivity index (χ0) is 37.7. The van der Waals surface area contributed by atoms with Gasteiger partial charge < -0.3 is 25.6 Å². The fraction of sp³-hybridized carbons (Fsp3) is 0.606. The first-order valence-corrected chi connectivity index (χ1v) is 17.3. The Morgan fingerprint density at radius 1 is 1.02 bits per heavy atom. The van der Waals surface area contributed by atoms with E-state index in [1.54, 1.807) is 14.0 Å². The second-order valence-electron chi connectivity index (χ2n) is 13.0. The summed E-state index contributed by atoms with van der Waals surface area (Å²) in [6.07, 6.45) is 2.19. The first-order chi connectivity index (χ1) is 23.4. The highest BCUT2D eigenvalue weighted by Crippen LogP contribution is 2.32. The van der Waals surface area contributed by atoms with E-state index in [9.17, 15) is 41.1 Å². The number of carbonyl (C=O) groups is 4. The van der Waals surface area contributed by atoms with Gasteiger partial charge in [-0.15, -0.1) is 11.3 Å². The summed E-state index contributed by atoms with van der Waals surface area (Å²) in [6, 6.07) is -2.90. The predicted molar refractivity (Wildman–Crippen MR) is 176 cm³/mol. The summed E-state index contributed by atoms with van der Waals surface area (Å²) >= 11 is 0.869. The highest BCUT2D eigenvalue weighted by atomic mass is 32.1. The third-order valence-electron chi connectivity index (χ3n) is 9.38. The lowest BCUT2D eigenvalue weighted by Crippen LogP contribution is -2.60. The van der Waals surface area contributed by atoms with Crippen molar-refractivity contribution < 1.29 is 45.9 Å². The number of amides is 4. The normalized spacial score (nSPS) is 18.7. The van der Waals surface area contributed by atoms with Crippen LogP contribution in [0.2, 0.25) is 0 Å². The fourth-order valence-corrected chi connectivity index (χ4v) is 6.67. The highest BCUT2D eigenvalue weighted by molar-refractivity contribution is 7.09. The quantitative estimate of drug-likeness (QED) is 0.0789. The number of halogens is 5. The minimum absolute atomic E-state index is 0.0817. The minimum Gasteiger partial charge on any atom is -0.415 e. The van der Waals surface area contributed by atoms with Gasteiger partial charge >= 0.3 is 12.0 Å². The summed E-state index contributed by atoms with van der Waals surface area (Å²) in [5.74, 6) is -15.9. The predicted octanol–water partition coefficient (Wildman–Crippen LogP) is 5.31. The van der Waals surface area contributed by atoms with Crippen molar-refractivity contribution in [3.8, 4) is 5.75 Å². The summed E-state index contributed by atoms with van der Waals surface area (Å²) in [5, 5.41) is 9.66. The molecule has 3 rings (SSSR count). The van der Waals surface area contributed by atoms with E-state index in [0.717, 1.165) is 29.7 Å². The van der Waals surface area contributed by atoms with Crippen LogP contribution in [0.25, 0.3) is 0 Å². The number of nitrogens with one attached hydrogen (secondary N) is 3. The molecule has 1 aromatic heterocycles. The third kappa shape index (κ3) is 8.71. The molecule has 11 nitrogen and oxygen atoms in total. The first-order valence-electron chi connectivity index (χ1n) is 16.4. The molecule has 1 aliphatic rings. The second-order valence-corrected chi connectivity index (χ2v) is 13.9. The van der Waals surface area contributed by atoms with Crippen LogP contribution >= 0.6 is 11.3 Å². The molecule has 0 bridgehead atoms. The van der Waals surface area contributed by atoms with Gasteiger partial charge in [0.15, 0.2) is 5.69 Å². The molecule has 3 N–H and O–H groups in total. The number of urea groups is 1. The number of carbonyl (C=O) groups excluding carboxylic acids is 4. The van der Waals surface area contributed by atoms with E-state index in [4.69, 9.17) is 0 Å². The van der Waals surface area contributed by atoms with Crippen LogP contribution in [0, 0.1) is 40.9 Å². The Balaban J connectivity index is 1.91. The van der Waals surface area contributed by atoms with E-state index >= 15 is 0 Å². The lowest BCUT2D eigenvalue weighted by molar-refractivity contribution is -0.142. The number of esters is 1. The molecule has 0 spiro atoms. The summed E-state index contributed by atoms with van der Waals surface area (Å²) in [6.45, 7) is 12.1. The van der Waals surface area contributed by atoms with Gasteiger partial charge in [-0.1, -0.05) is 34.1 Å². The fourth-order valence-electron chi connectivity index (χ4n) is 5.82. The van der Waals surface area contributed by atoms with Crippen molar-refractivity contribution in [2.24, 2.45) is 11.8 Å². The van der Waals surface area contributed by atoms with Crippen molar-refractivity contribution in [1.29, 1.82) is 0 Å². The molecule has 1 saturated heterocycles. The average molecular weight is 733 g/mol. The number of nitrogens with zero attached hydrogens (tertiary/aromatic N) is 3. The molecule has 5 atom stereocenters. The maximum atomic E-state index is 14.2. The average Bonchev–Trinajstić information content (AvgIpc) is 3.71.